The lowest BCUT2D eigenvalue weighted by Gasteiger charge is -2.15. The van der Waals surface area contributed by atoms with Crippen molar-refractivity contribution < 1.29 is 9.53 Å². The van der Waals surface area contributed by atoms with E-state index in [4.69, 9.17) is 22.1 Å². The lowest BCUT2D eigenvalue weighted by atomic mass is 10.1. The predicted octanol–water partition coefficient (Wildman–Crippen LogP) is 2.96. The highest BCUT2D eigenvalue weighted by molar-refractivity contribution is 6.30. The van der Waals surface area contributed by atoms with E-state index in [0.29, 0.717) is 10.8 Å². The van der Waals surface area contributed by atoms with Gasteiger partial charge in [0.15, 0.2) is 0 Å². The molecule has 0 saturated carbocycles. The molecule has 0 fully saturated rings. The Kier molecular flexibility index (Phi) is 6.53. The van der Waals surface area contributed by atoms with Gasteiger partial charge in [0.25, 0.3) is 0 Å². The van der Waals surface area contributed by atoms with Gasteiger partial charge in [0, 0.05) is 5.02 Å². The highest BCUT2D eigenvalue weighted by atomic mass is 35.5. The zero-order chi connectivity index (χ0) is 12.3. The second-order valence-electron chi connectivity index (χ2n) is 4.10. The molecule has 0 aliphatic rings. The Morgan fingerprint density at radius 3 is 2.47 bits per heavy atom. The third-order valence-corrected chi connectivity index (χ3v) is 2.57. The van der Waals surface area contributed by atoms with E-state index >= 15 is 0 Å². The van der Waals surface area contributed by atoms with Crippen molar-refractivity contribution in [1.82, 2.24) is 0 Å². The summed E-state index contributed by atoms with van der Waals surface area (Å²) in [6, 6.07) is 4.49. The lowest BCUT2D eigenvalue weighted by molar-refractivity contribution is -0.136. The molecule has 5 heteroatoms. The maximum atomic E-state index is 11.6. The summed E-state index contributed by atoms with van der Waals surface area (Å²) in [6.45, 7) is 5.58. The fourth-order valence-corrected chi connectivity index (χ4v) is 1.40. The minimum absolute atomic E-state index is 0. The molecule has 0 saturated heterocycles. The number of hydrogen-bond donors (Lipinski definition) is 1. The van der Waals surface area contributed by atoms with Crippen molar-refractivity contribution in [2.75, 3.05) is 0 Å². The van der Waals surface area contributed by atoms with E-state index in [2.05, 4.69) is 0 Å². The minimum atomic E-state index is -0.602. The number of benzene rings is 1. The molecule has 2 N–H and O–H groups in total. The van der Waals surface area contributed by atoms with Gasteiger partial charge in [-0.15, -0.1) is 12.4 Å². The Morgan fingerprint density at radius 2 is 2.00 bits per heavy atom. The number of aryl methyl sites for hydroxylation is 1. The third kappa shape index (κ3) is 4.54. The van der Waals surface area contributed by atoms with Crippen LogP contribution in [0, 0.1) is 12.8 Å². The van der Waals surface area contributed by atoms with Crippen molar-refractivity contribution in [3.05, 3.63) is 28.8 Å². The molecule has 0 unspecified atom stereocenters. The number of carbonyl (C=O) groups excluding carboxylic acids is 1. The number of hydrogen-bond acceptors (Lipinski definition) is 3. The van der Waals surface area contributed by atoms with Gasteiger partial charge in [-0.25, -0.2) is 4.79 Å². The van der Waals surface area contributed by atoms with Gasteiger partial charge in [0.2, 0.25) is 0 Å². The van der Waals surface area contributed by atoms with Crippen LogP contribution in [0.5, 0.6) is 5.75 Å². The normalized spacial score (nSPS) is 11.9. The average molecular weight is 278 g/mol. The highest BCUT2D eigenvalue weighted by Gasteiger charge is 2.19. The molecule has 0 radical (unpaired) electrons. The number of ether oxygens (including phenoxy) is 1. The fourth-order valence-electron chi connectivity index (χ4n) is 1.18. The average Bonchev–Trinajstić information content (AvgIpc) is 2.20. The number of halogens is 2. The molecule has 0 aromatic heterocycles. The van der Waals surface area contributed by atoms with Gasteiger partial charge in [0.05, 0.1) is 0 Å². The predicted molar refractivity (Wildman–Crippen MR) is 71.9 cm³/mol. The second kappa shape index (κ2) is 6.84. The largest absolute Gasteiger partial charge is 0.425 e. The van der Waals surface area contributed by atoms with Gasteiger partial charge in [0.1, 0.15) is 11.8 Å². The number of nitrogens with two attached hydrogens (primary N) is 1. The van der Waals surface area contributed by atoms with E-state index in [0.717, 1.165) is 5.56 Å². The van der Waals surface area contributed by atoms with Gasteiger partial charge >= 0.3 is 5.97 Å². The molecule has 96 valence electrons. The molecule has 0 spiro atoms. The molecular weight excluding hydrogens is 261 g/mol. The Hall–Kier alpha value is -0.770. The van der Waals surface area contributed by atoms with Gasteiger partial charge in [-0.3, -0.25) is 0 Å². The van der Waals surface area contributed by atoms with Crippen molar-refractivity contribution in [3.63, 3.8) is 0 Å². The summed E-state index contributed by atoms with van der Waals surface area (Å²) in [5.41, 5.74) is 6.50. The number of esters is 1. The van der Waals surface area contributed by atoms with Crippen LogP contribution in [0.25, 0.3) is 0 Å². The van der Waals surface area contributed by atoms with Crippen LogP contribution in [0.4, 0.5) is 0 Å². The Balaban J connectivity index is 0.00000256. The Bertz CT molecular complexity index is 394. The quantitative estimate of drug-likeness (QED) is 0.683. The summed E-state index contributed by atoms with van der Waals surface area (Å²) in [4.78, 5) is 11.6. The summed E-state index contributed by atoms with van der Waals surface area (Å²) in [5, 5.41) is 0.616. The zero-order valence-corrected chi connectivity index (χ0v) is 11.6. The summed E-state index contributed by atoms with van der Waals surface area (Å²) in [6.07, 6.45) is 0. The van der Waals surface area contributed by atoms with Gasteiger partial charge < -0.3 is 10.5 Å². The molecule has 0 aliphatic carbocycles. The van der Waals surface area contributed by atoms with Gasteiger partial charge in [-0.2, -0.15) is 0 Å². The topological polar surface area (TPSA) is 52.3 Å². The molecule has 1 rings (SSSR count). The first-order chi connectivity index (χ1) is 7.41. The molecule has 17 heavy (non-hydrogen) atoms. The van der Waals surface area contributed by atoms with Gasteiger partial charge in [-0.1, -0.05) is 25.4 Å². The Morgan fingerprint density at radius 1 is 1.41 bits per heavy atom. The van der Waals surface area contributed by atoms with Crippen molar-refractivity contribution in [3.8, 4) is 5.75 Å². The molecule has 1 aromatic carbocycles. The molecular formula is C12H17Cl2NO2. The summed E-state index contributed by atoms with van der Waals surface area (Å²) >= 11 is 5.80. The standard InChI is InChI=1S/C12H16ClNO2.ClH/c1-7(2)11(14)12(15)16-10-5-4-9(13)6-8(10)3;/h4-7,11H,14H2,1-3H3;1H/t11-;/m0./s1. The monoisotopic (exact) mass is 277 g/mol. The summed E-state index contributed by atoms with van der Waals surface area (Å²) in [5.74, 6) is 0.144. The van der Waals surface area contributed by atoms with E-state index in [-0.39, 0.29) is 18.3 Å². The molecule has 0 amide bonds. The van der Waals surface area contributed by atoms with Crippen LogP contribution in [-0.4, -0.2) is 12.0 Å². The van der Waals surface area contributed by atoms with Crippen LogP contribution in [0.15, 0.2) is 18.2 Å². The minimum Gasteiger partial charge on any atom is -0.425 e. The van der Waals surface area contributed by atoms with Crippen LogP contribution in [0.3, 0.4) is 0 Å². The SMILES string of the molecule is Cc1cc(Cl)ccc1OC(=O)[C@@H](N)C(C)C.Cl. The van der Waals surface area contributed by atoms with Gasteiger partial charge in [-0.05, 0) is 36.6 Å². The first-order valence-corrected chi connectivity index (χ1v) is 5.53. The first kappa shape index (κ1) is 16.2. The molecule has 0 heterocycles. The van der Waals surface area contributed by atoms with Crippen LogP contribution in [-0.2, 0) is 4.79 Å². The molecule has 3 nitrogen and oxygen atoms in total. The Labute approximate surface area is 113 Å². The first-order valence-electron chi connectivity index (χ1n) is 5.15. The second-order valence-corrected chi connectivity index (χ2v) is 4.54. The molecule has 1 atom stereocenters. The molecule has 1 aromatic rings. The highest BCUT2D eigenvalue weighted by Crippen LogP contribution is 2.22. The zero-order valence-electron chi connectivity index (χ0n) is 10.1. The van der Waals surface area contributed by atoms with E-state index in [9.17, 15) is 4.79 Å². The van der Waals surface area contributed by atoms with Crippen LogP contribution in [0.1, 0.15) is 19.4 Å². The molecule has 0 aliphatic heterocycles. The van der Waals surface area contributed by atoms with Crippen molar-refractivity contribution in [1.29, 1.82) is 0 Å². The van der Waals surface area contributed by atoms with Crippen molar-refractivity contribution in [2.24, 2.45) is 11.7 Å². The number of rotatable bonds is 3. The van der Waals surface area contributed by atoms with E-state index in [1.54, 1.807) is 18.2 Å². The van der Waals surface area contributed by atoms with Crippen LogP contribution < -0.4 is 10.5 Å². The van der Waals surface area contributed by atoms with E-state index < -0.39 is 12.0 Å². The van der Waals surface area contributed by atoms with E-state index in [1.807, 2.05) is 20.8 Å². The van der Waals surface area contributed by atoms with Crippen molar-refractivity contribution >= 4 is 30.0 Å². The third-order valence-electron chi connectivity index (χ3n) is 2.34. The van der Waals surface area contributed by atoms with E-state index in [1.165, 1.54) is 0 Å². The smallest absolute Gasteiger partial charge is 0.328 e. The summed E-state index contributed by atoms with van der Waals surface area (Å²) in [7, 11) is 0. The fraction of sp³-hybridized carbons (Fsp3) is 0.417. The van der Waals surface area contributed by atoms with Crippen molar-refractivity contribution in [2.45, 2.75) is 26.8 Å². The maximum Gasteiger partial charge on any atom is 0.328 e. The summed E-state index contributed by atoms with van der Waals surface area (Å²) < 4.78 is 5.20. The lowest BCUT2D eigenvalue weighted by Crippen LogP contribution is -2.38. The maximum absolute atomic E-state index is 11.6. The van der Waals surface area contributed by atoms with Crippen LogP contribution in [0.2, 0.25) is 5.02 Å². The molecule has 0 bridgehead atoms. The number of carbonyl (C=O) groups is 1. The van der Waals surface area contributed by atoms with Crippen LogP contribution >= 0.6 is 24.0 Å².